The summed E-state index contributed by atoms with van der Waals surface area (Å²) in [6.45, 7) is 0. The summed E-state index contributed by atoms with van der Waals surface area (Å²) in [6.07, 6.45) is 1.76. The van der Waals surface area contributed by atoms with Crippen LogP contribution < -0.4 is 19.5 Å². The third-order valence-electron chi connectivity index (χ3n) is 3.67. The van der Waals surface area contributed by atoms with E-state index in [9.17, 15) is 4.79 Å². The fourth-order valence-corrected chi connectivity index (χ4v) is 3.25. The molecule has 0 aromatic heterocycles. The summed E-state index contributed by atoms with van der Waals surface area (Å²) in [4.78, 5) is 17.2. The zero-order valence-electron chi connectivity index (χ0n) is 14.6. The van der Waals surface area contributed by atoms with Crippen molar-refractivity contribution in [3.05, 3.63) is 52.9 Å². The number of nitrogens with zero attached hydrogens (tertiary/aromatic N) is 1. The van der Waals surface area contributed by atoms with E-state index in [1.54, 1.807) is 33.5 Å². The Labute approximate surface area is 155 Å². The Morgan fingerprint density at radius 3 is 2.42 bits per heavy atom. The number of hydrogen-bond donors (Lipinski definition) is 1. The Morgan fingerprint density at radius 1 is 1.00 bits per heavy atom. The number of ether oxygens (including phenoxy) is 3. The van der Waals surface area contributed by atoms with Crippen LogP contribution in [0.15, 0.2) is 52.4 Å². The maximum absolute atomic E-state index is 12.3. The van der Waals surface area contributed by atoms with Crippen LogP contribution in [-0.4, -0.2) is 32.4 Å². The quantitative estimate of drug-likeness (QED) is 0.815. The van der Waals surface area contributed by atoms with Crippen molar-refractivity contribution >= 4 is 34.6 Å². The van der Waals surface area contributed by atoms with Crippen LogP contribution in [0.1, 0.15) is 5.56 Å². The van der Waals surface area contributed by atoms with Gasteiger partial charge in [-0.15, -0.1) is 0 Å². The van der Waals surface area contributed by atoms with E-state index in [1.165, 1.54) is 11.8 Å². The number of aliphatic imine (C=N–C) groups is 1. The summed E-state index contributed by atoms with van der Waals surface area (Å²) in [5, 5.41) is 3.29. The highest BCUT2D eigenvalue weighted by Crippen LogP contribution is 2.35. The first-order valence-electron chi connectivity index (χ1n) is 7.79. The van der Waals surface area contributed by atoms with Crippen LogP contribution in [-0.2, 0) is 4.79 Å². The lowest BCUT2D eigenvalue weighted by atomic mass is 10.1. The largest absolute Gasteiger partial charge is 0.497 e. The first-order chi connectivity index (χ1) is 12.6. The van der Waals surface area contributed by atoms with Gasteiger partial charge in [0.2, 0.25) is 0 Å². The van der Waals surface area contributed by atoms with Gasteiger partial charge in [0.05, 0.1) is 31.9 Å². The molecule has 1 amide bonds. The number of para-hydroxylation sites is 1. The molecule has 0 radical (unpaired) electrons. The third kappa shape index (κ3) is 3.83. The molecule has 0 unspecified atom stereocenters. The Hall–Kier alpha value is -2.93. The van der Waals surface area contributed by atoms with Gasteiger partial charge in [-0.1, -0.05) is 12.1 Å². The molecular formula is C19H18N2O4S. The van der Waals surface area contributed by atoms with Gasteiger partial charge in [0.15, 0.2) is 16.7 Å². The van der Waals surface area contributed by atoms with Gasteiger partial charge in [0.25, 0.3) is 5.91 Å². The van der Waals surface area contributed by atoms with E-state index >= 15 is 0 Å². The molecule has 6 nitrogen and oxygen atoms in total. The number of thioether (sulfide) groups is 1. The van der Waals surface area contributed by atoms with E-state index < -0.39 is 0 Å². The van der Waals surface area contributed by atoms with E-state index in [1.807, 2.05) is 36.4 Å². The lowest BCUT2D eigenvalue weighted by Crippen LogP contribution is -2.19. The molecule has 0 saturated carbocycles. The molecule has 3 rings (SSSR count). The third-order valence-corrected chi connectivity index (χ3v) is 4.58. The highest BCUT2D eigenvalue weighted by Gasteiger charge is 2.24. The van der Waals surface area contributed by atoms with Crippen molar-refractivity contribution < 1.29 is 19.0 Å². The standard InChI is InChI=1S/C19H18N2O4S/c1-23-14-9-7-13(8-10-14)20-19-21-18(22)16(26-19)11-12-5-4-6-15(24-2)17(12)25-3/h4-11H,1-3H3,(H,20,21,22)/b16-11-. The highest BCUT2D eigenvalue weighted by molar-refractivity contribution is 8.18. The predicted octanol–water partition coefficient (Wildman–Crippen LogP) is 3.60. The Morgan fingerprint density at radius 2 is 1.77 bits per heavy atom. The summed E-state index contributed by atoms with van der Waals surface area (Å²) >= 11 is 1.27. The van der Waals surface area contributed by atoms with Crippen molar-refractivity contribution in [2.45, 2.75) is 0 Å². The minimum Gasteiger partial charge on any atom is -0.497 e. The van der Waals surface area contributed by atoms with Crippen LogP contribution in [0.25, 0.3) is 6.08 Å². The van der Waals surface area contributed by atoms with Crippen molar-refractivity contribution in [1.82, 2.24) is 5.32 Å². The van der Waals surface area contributed by atoms with Gasteiger partial charge in [0.1, 0.15) is 5.75 Å². The summed E-state index contributed by atoms with van der Waals surface area (Å²) < 4.78 is 15.8. The fourth-order valence-electron chi connectivity index (χ4n) is 2.42. The van der Waals surface area contributed by atoms with Gasteiger partial charge < -0.3 is 19.5 Å². The number of rotatable bonds is 5. The average Bonchev–Trinajstić information content (AvgIpc) is 3.01. The van der Waals surface area contributed by atoms with E-state index in [0.717, 1.165) is 17.0 Å². The van der Waals surface area contributed by atoms with Crippen LogP contribution in [0, 0.1) is 0 Å². The second-order valence-corrected chi connectivity index (χ2v) is 6.29. The lowest BCUT2D eigenvalue weighted by Gasteiger charge is -2.10. The maximum atomic E-state index is 12.3. The Balaban J connectivity index is 1.85. The van der Waals surface area contributed by atoms with Crippen molar-refractivity contribution in [1.29, 1.82) is 0 Å². The summed E-state index contributed by atoms with van der Waals surface area (Å²) in [5.41, 5.74) is 1.49. The number of nitrogens with one attached hydrogen (secondary N) is 1. The molecule has 0 aliphatic carbocycles. The average molecular weight is 370 g/mol. The predicted molar refractivity (Wildman–Crippen MR) is 103 cm³/mol. The molecule has 26 heavy (non-hydrogen) atoms. The minimum absolute atomic E-state index is 0.202. The smallest absolute Gasteiger partial charge is 0.264 e. The molecule has 1 aliphatic heterocycles. The van der Waals surface area contributed by atoms with Crippen LogP contribution in [0.3, 0.4) is 0 Å². The maximum Gasteiger partial charge on any atom is 0.264 e. The molecule has 1 heterocycles. The van der Waals surface area contributed by atoms with Crippen LogP contribution in [0.5, 0.6) is 17.2 Å². The van der Waals surface area contributed by atoms with E-state index in [4.69, 9.17) is 14.2 Å². The molecule has 7 heteroatoms. The Bertz CT molecular complexity index is 876. The molecule has 2 aromatic rings. The molecule has 0 bridgehead atoms. The van der Waals surface area contributed by atoms with E-state index in [-0.39, 0.29) is 5.91 Å². The zero-order chi connectivity index (χ0) is 18.5. The molecule has 2 aromatic carbocycles. The SMILES string of the molecule is COc1ccc(N=C2NC(=O)/C(=C/c3cccc(OC)c3OC)S2)cc1. The number of amides is 1. The van der Waals surface area contributed by atoms with E-state index in [0.29, 0.717) is 21.6 Å². The van der Waals surface area contributed by atoms with Crippen LogP contribution in [0.2, 0.25) is 0 Å². The van der Waals surface area contributed by atoms with Crippen molar-refractivity contribution in [2.24, 2.45) is 4.99 Å². The second-order valence-electron chi connectivity index (χ2n) is 5.26. The molecule has 1 fully saturated rings. The molecule has 134 valence electrons. The zero-order valence-corrected chi connectivity index (χ0v) is 15.4. The molecule has 1 N–H and O–H groups in total. The van der Waals surface area contributed by atoms with Gasteiger partial charge >= 0.3 is 0 Å². The number of amidine groups is 1. The number of methoxy groups -OCH3 is 3. The molecule has 1 saturated heterocycles. The van der Waals surface area contributed by atoms with Crippen LogP contribution in [0.4, 0.5) is 5.69 Å². The topological polar surface area (TPSA) is 69.2 Å². The highest BCUT2D eigenvalue weighted by atomic mass is 32.2. The molecular weight excluding hydrogens is 352 g/mol. The van der Waals surface area contributed by atoms with Gasteiger partial charge in [-0.25, -0.2) is 4.99 Å². The van der Waals surface area contributed by atoms with Crippen LogP contribution >= 0.6 is 11.8 Å². The van der Waals surface area contributed by atoms with Crippen molar-refractivity contribution in [2.75, 3.05) is 21.3 Å². The van der Waals surface area contributed by atoms with E-state index in [2.05, 4.69) is 10.3 Å². The Kier molecular flexibility index (Phi) is 5.48. The summed E-state index contributed by atoms with van der Waals surface area (Å²) in [6, 6.07) is 12.8. The number of carbonyl (C=O) groups is 1. The summed E-state index contributed by atoms with van der Waals surface area (Å²) in [7, 11) is 4.75. The van der Waals surface area contributed by atoms with Crippen molar-refractivity contribution in [3.8, 4) is 17.2 Å². The van der Waals surface area contributed by atoms with Gasteiger partial charge in [-0.2, -0.15) is 0 Å². The minimum atomic E-state index is -0.202. The number of hydrogen-bond acceptors (Lipinski definition) is 6. The summed E-state index contributed by atoms with van der Waals surface area (Å²) in [5.74, 6) is 1.74. The molecule has 1 aliphatic rings. The lowest BCUT2D eigenvalue weighted by molar-refractivity contribution is -0.115. The fraction of sp³-hybridized carbons (Fsp3) is 0.158. The first kappa shape index (κ1) is 17.9. The second kappa shape index (κ2) is 7.97. The number of carbonyl (C=O) groups excluding carboxylic acids is 1. The monoisotopic (exact) mass is 370 g/mol. The normalized spacial score (nSPS) is 16.7. The van der Waals surface area contributed by atoms with Crippen molar-refractivity contribution in [3.63, 3.8) is 0 Å². The molecule has 0 atom stereocenters. The number of benzene rings is 2. The van der Waals surface area contributed by atoms with Gasteiger partial charge in [-0.3, -0.25) is 4.79 Å². The van der Waals surface area contributed by atoms with Gasteiger partial charge in [0, 0.05) is 5.56 Å². The molecule has 0 spiro atoms. The van der Waals surface area contributed by atoms with Gasteiger partial charge in [-0.05, 0) is 48.2 Å². The first-order valence-corrected chi connectivity index (χ1v) is 8.61.